The van der Waals surface area contributed by atoms with E-state index in [4.69, 9.17) is 11.6 Å². The second-order valence-corrected chi connectivity index (χ2v) is 7.62. The zero-order chi connectivity index (χ0) is 20.8. The van der Waals surface area contributed by atoms with Gasteiger partial charge in [0.15, 0.2) is 0 Å². The Bertz CT molecular complexity index is 846. The molecule has 1 aliphatic rings. The van der Waals surface area contributed by atoms with E-state index in [1.165, 1.54) is 0 Å². The zero-order valence-corrected chi connectivity index (χ0v) is 17.8. The first-order chi connectivity index (χ1) is 14.0. The van der Waals surface area contributed by atoms with E-state index in [9.17, 15) is 9.59 Å². The maximum atomic E-state index is 13.2. The minimum absolute atomic E-state index is 0.0861. The molecule has 0 aromatic heterocycles. The average molecular weight is 414 g/mol. The quantitative estimate of drug-likeness (QED) is 0.721. The molecule has 2 aromatic rings. The van der Waals surface area contributed by atoms with Crippen LogP contribution in [0.3, 0.4) is 0 Å². The van der Waals surface area contributed by atoms with E-state index in [2.05, 4.69) is 10.2 Å². The van der Waals surface area contributed by atoms with Gasteiger partial charge in [-0.15, -0.1) is 0 Å². The van der Waals surface area contributed by atoms with Crippen LogP contribution >= 0.6 is 11.6 Å². The minimum atomic E-state index is -0.338. The molecule has 2 amide bonds. The number of likely N-dealkylation sites (tertiary alicyclic amines) is 1. The molecule has 1 atom stereocenters. The van der Waals surface area contributed by atoms with Crippen LogP contribution in [-0.4, -0.2) is 47.8 Å². The summed E-state index contributed by atoms with van der Waals surface area (Å²) in [5, 5.41) is 3.34. The standard InChI is InChI=1S/C23H28ClN3O2/c1-3-26(4-2)23(29)19-13-12-18(16-20(19)24)25-22(28)21(27-14-8-9-15-27)17-10-6-5-7-11-17/h5-7,10-13,16,21H,3-4,8-9,14-15H2,1-2H3,(H,25,28)/t21-/m1/s1. The zero-order valence-electron chi connectivity index (χ0n) is 17.0. The summed E-state index contributed by atoms with van der Waals surface area (Å²) < 4.78 is 0. The molecule has 0 saturated carbocycles. The number of hydrogen-bond donors (Lipinski definition) is 1. The van der Waals surface area contributed by atoms with Gasteiger partial charge in [0.05, 0.1) is 10.6 Å². The van der Waals surface area contributed by atoms with Crippen LogP contribution < -0.4 is 5.32 Å². The van der Waals surface area contributed by atoms with E-state index in [0.717, 1.165) is 31.5 Å². The molecule has 1 saturated heterocycles. The van der Waals surface area contributed by atoms with E-state index in [-0.39, 0.29) is 17.9 Å². The highest BCUT2D eigenvalue weighted by atomic mass is 35.5. The average Bonchev–Trinajstić information content (AvgIpc) is 3.24. The van der Waals surface area contributed by atoms with E-state index >= 15 is 0 Å². The van der Waals surface area contributed by atoms with E-state index in [0.29, 0.717) is 29.4 Å². The van der Waals surface area contributed by atoms with Gasteiger partial charge in [0.2, 0.25) is 5.91 Å². The molecule has 29 heavy (non-hydrogen) atoms. The fourth-order valence-corrected chi connectivity index (χ4v) is 4.08. The fourth-order valence-electron chi connectivity index (χ4n) is 3.82. The number of anilines is 1. The van der Waals surface area contributed by atoms with Crippen molar-refractivity contribution in [3.63, 3.8) is 0 Å². The highest BCUT2D eigenvalue weighted by Crippen LogP contribution is 2.28. The van der Waals surface area contributed by atoms with Gasteiger partial charge in [-0.1, -0.05) is 41.9 Å². The molecule has 1 aliphatic heterocycles. The van der Waals surface area contributed by atoms with Crippen molar-refractivity contribution in [2.24, 2.45) is 0 Å². The number of rotatable bonds is 7. The lowest BCUT2D eigenvalue weighted by Gasteiger charge is -2.27. The predicted octanol–water partition coefficient (Wildman–Crippen LogP) is 4.60. The highest BCUT2D eigenvalue weighted by Gasteiger charge is 2.29. The molecule has 0 radical (unpaired) electrons. The summed E-state index contributed by atoms with van der Waals surface area (Å²) in [5.41, 5.74) is 2.02. The molecule has 1 N–H and O–H groups in total. The molecule has 0 unspecified atom stereocenters. The third-order valence-electron chi connectivity index (χ3n) is 5.39. The number of benzene rings is 2. The lowest BCUT2D eigenvalue weighted by atomic mass is 10.0. The molecule has 1 fully saturated rings. The smallest absolute Gasteiger partial charge is 0.255 e. The summed E-state index contributed by atoms with van der Waals surface area (Å²) in [6.07, 6.45) is 2.20. The van der Waals surface area contributed by atoms with Crippen molar-refractivity contribution in [3.05, 3.63) is 64.7 Å². The van der Waals surface area contributed by atoms with Crippen LogP contribution in [0.25, 0.3) is 0 Å². The molecule has 0 spiro atoms. The monoisotopic (exact) mass is 413 g/mol. The molecule has 0 bridgehead atoms. The fraction of sp³-hybridized carbons (Fsp3) is 0.391. The van der Waals surface area contributed by atoms with Crippen molar-refractivity contribution in [2.75, 3.05) is 31.5 Å². The summed E-state index contributed by atoms with van der Waals surface area (Å²) in [6, 6.07) is 14.6. The van der Waals surface area contributed by atoms with E-state index < -0.39 is 0 Å². The van der Waals surface area contributed by atoms with Gasteiger partial charge in [-0.3, -0.25) is 14.5 Å². The topological polar surface area (TPSA) is 52.7 Å². The van der Waals surface area contributed by atoms with Gasteiger partial charge in [-0.25, -0.2) is 0 Å². The van der Waals surface area contributed by atoms with Crippen molar-refractivity contribution in [3.8, 4) is 0 Å². The minimum Gasteiger partial charge on any atom is -0.339 e. The van der Waals surface area contributed by atoms with Gasteiger partial charge < -0.3 is 10.2 Å². The van der Waals surface area contributed by atoms with Gasteiger partial charge >= 0.3 is 0 Å². The van der Waals surface area contributed by atoms with E-state index in [1.54, 1.807) is 23.1 Å². The number of carbonyl (C=O) groups excluding carboxylic acids is 2. The highest BCUT2D eigenvalue weighted by molar-refractivity contribution is 6.34. The molecule has 6 heteroatoms. The van der Waals surface area contributed by atoms with Crippen LogP contribution in [-0.2, 0) is 4.79 Å². The number of nitrogens with zero attached hydrogens (tertiary/aromatic N) is 2. The maximum absolute atomic E-state index is 13.2. The first-order valence-corrected chi connectivity index (χ1v) is 10.6. The number of carbonyl (C=O) groups is 2. The van der Waals surface area contributed by atoms with Crippen molar-refractivity contribution < 1.29 is 9.59 Å². The second-order valence-electron chi connectivity index (χ2n) is 7.22. The molecule has 3 rings (SSSR count). The first kappa shape index (κ1) is 21.3. The predicted molar refractivity (Wildman–Crippen MR) is 117 cm³/mol. The van der Waals surface area contributed by atoms with Gasteiger partial charge in [-0.2, -0.15) is 0 Å². The van der Waals surface area contributed by atoms with Gasteiger partial charge in [0.25, 0.3) is 5.91 Å². The van der Waals surface area contributed by atoms with Crippen LogP contribution in [0.15, 0.2) is 48.5 Å². The number of hydrogen-bond acceptors (Lipinski definition) is 3. The largest absolute Gasteiger partial charge is 0.339 e. The third-order valence-corrected chi connectivity index (χ3v) is 5.70. The Morgan fingerprint density at radius 2 is 1.72 bits per heavy atom. The lowest BCUT2D eigenvalue weighted by Crippen LogP contribution is -2.35. The molecule has 154 valence electrons. The summed E-state index contributed by atoms with van der Waals surface area (Å²) >= 11 is 6.38. The lowest BCUT2D eigenvalue weighted by molar-refractivity contribution is -0.121. The number of halogens is 1. The molecule has 2 aromatic carbocycles. The van der Waals surface area contributed by atoms with Gasteiger partial charge in [-0.05, 0) is 63.5 Å². The summed E-state index contributed by atoms with van der Waals surface area (Å²) in [5.74, 6) is -0.186. The SMILES string of the molecule is CCN(CC)C(=O)c1ccc(NC(=O)[C@@H](c2ccccc2)N2CCCC2)cc1Cl. The molecular formula is C23H28ClN3O2. The van der Waals surface area contributed by atoms with Crippen LogP contribution in [0.5, 0.6) is 0 Å². The Morgan fingerprint density at radius 3 is 2.31 bits per heavy atom. The molecule has 0 aliphatic carbocycles. The molecule has 5 nitrogen and oxygen atoms in total. The Kier molecular flexibility index (Phi) is 7.29. The van der Waals surface area contributed by atoms with Crippen LogP contribution in [0.4, 0.5) is 5.69 Å². The Balaban J connectivity index is 1.79. The first-order valence-electron chi connectivity index (χ1n) is 10.2. The Morgan fingerprint density at radius 1 is 1.07 bits per heavy atom. The van der Waals surface area contributed by atoms with Crippen LogP contribution in [0, 0.1) is 0 Å². The van der Waals surface area contributed by atoms with Gasteiger partial charge in [0.1, 0.15) is 6.04 Å². The van der Waals surface area contributed by atoms with Crippen LogP contribution in [0.1, 0.15) is 48.7 Å². The summed E-state index contributed by atoms with van der Waals surface area (Å²) in [6.45, 7) is 6.94. The number of nitrogens with one attached hydrogen (secondary N) is 1. The normalized spacial score (nSPS) is 15.1. The van der Waals surface area contributed by atoms with E-state index in [1.807, 2.05) is 44.2 Å². The van der Waals surface area contributed by atoms with Crippen molar-refractivity contribution >= 4 is 29.1 Å². The van der Waals surface area contributed by atoms with Gasteiger partial charge in [0, 0.05) is 18.8 Å². The van der Waals surface area contributed by atoms with Crippen LogP contribution in [0.2, 0.25) is 5.02 Å². The second kappa shape index (κ2) is 9.90. The number of amides is 2. The Labute approximate surface area is 177 Å². The van der Waals surface area contributed by atoms with Crippen molar-refractivity contribution in [1.82, 2.24) is 9.80 Å². The molecular weight excluding hydrogens is 386 g/mol. The Hall–Kier alpha value is -2.37. The van der Waals surface area contributed by atoms with Crippen molar-refractivity contribution in [1.29, 1.82) is 0 Å². The van der Waals surface area contributed by atoms with Crippen molar-refractivity contribution in [2.45, 2.75) is 32.7 Å². The third kappa shape index (κ3) is 4.98. The molecule has 1 heterocycles. The maximum Gasteiger partial charge on any atom is 0.255 e. The summed E-state index contributed by atoms with van der Waals surface area (Å²) in [7, 11) is 0. The summed E-state index contributed by atoms with van der Waals surface area (Å²) in [4.78, 5) is 29.7.